The van der Waals surface area contributed by atoms with Crippen LogP contribution in [-0.4, -0.2) is 62.8 Å². The molecule has 1 aliphatic heterocycles. The maximum Gasteiger partial charge on any atom is 0.221 e. The molecule has 0 saturated carbocycles. The fourth-order valence-electron chi connectivity index (χ4n) is 1.86. The topological polar surface area (TPSA) is 53.6 Å². The van der Waals surface area contributed by atoms with Gasteiger partial charge in [0.15, 0.2) is 0 Å². The molecule has 0 aromatic heterocycles. The van der Waals surface area contributed by atoms with Crippen LogP contribution in [0.1, 0.15) is 20.3 Å². The highest BCUT2D eigenvalue weighted by atomic mass is 16.5. The molecule has 0 aromatic carbocycles. The van der Waals surface area contributed by atoms with Crippen molar-refractivity contribution >= 4 is 5.91 Å². The highest BCUT2D eigenvalue weighted by Crippen LogP contribution is 1.99. The summed E-state index contributed by atoms with van der Waals surface area (Å²) in [6.45, 7) is 8.23. The van der Waals surface area contributed by atoms with Crippen molar-refractivity contribution in [2.24, 2.45) is 0 Å². The summed E-state index contributed by atoms with van der Waals surface area (Å²) in [5, 5.41) is 6.19. The predicted octanol–water partition coefficient (Wildman–Crippen LogP) is -0.179. The van der Waals surface area contributed by atoms with Crippen LogP contribution in [0.15, 0.2) is 0 Å². The maximum absolute atomic E-state index is 11.5. The van der Waals surface area contributed by atoms with Crippen LogP contribution in [0.2, 0.25) is 0 Å². The van der Waals surface area contributed by atoms with Crippen molar-refractivity contribution in [1.29, 1.82) is 0 Å². The van der Waals surface area contributed by atoms with E-state index in [1.165, 1.54) is 0 Å². The number of carbonyl (C=O) groups excluding carboxylic acids is 1. The van der Waals surface area contributed by atoms with E-state index < -0.39 is 0 Å². The van der Waals surface area contributed by atoms with Gasteiger partial charge in [-0.3, -0.25) is 4.79 Å². The zero-order valence-electron chi connectivity index (χ0n) is 11.2. The Kier molecular flexibility index (Phi) is 6.47. The molecule has 2 N–H and O–H groups in total. The highest BCUT2D eigenvalue weighted by molar-refractivity contribution is 5.76. The van der Waals surface area contributed by atoms with Gasteiger partial charge in [0.05, 0.1) is 12.7 Å². The van der Waals surface area contributed by atoms with Crippen LogP contribution in [0.5, 0.6) is 0 Å². The molecule has 1 rings (SSSR count). The van der Waals surface area contributed by atoms with E-state index in [2.05, 4.69) is 15.5 Å². The summed E-state index contributed by atoms with van der Waals surface area (Å²) in [7, 11) is 2.03. The first-order valence-electron chi connectivity index (χ1n) is 6.38. The molecule has 0 radical (unpaired) electrons. The Balaban J connectivity index is 2.11. The van der Waals surface area contributed by atoms with Gasteiger partial charge in [-0.25, -0.2) is 0 Å². The van der Waals surface area contributed by atoms with Crippen LogP contribution in [0, 0.1) is 0 Å². The Morgan fingerprint density at radius 3 is 2.94 bits per heavy atom. The van der Waals surface area contributed by atoms with Gasteiger partial charge in [-0.1, -0.05) is 0 Å². The number of nitrogens with one attached hydrogen (secondary N) is 2. The van der Waals surface area contributed by atoms with Gasteiger partial charge in [-0.15, -0.1) is 0 Å². The molecule has 1 unspecified atom stereocenters. The van der Waals surface area contributed by atoms with Crippen molar-refractivity contribution in [2.45, 2.75) is 32.4 Å². The molecule has 0 spiro atoms. The van der Waals surface area contributed by atoms with Crippen molar-refractivity contribution in [2.75, 3.05) is 39.8 Å². The molecule has 1 atom stereocenters. The third-order valence-electron chi connectivity index (χ3n) is 2.69. The number of ether oxygens (including phenoxy) is 1. The SMILES string of the molecule is CC(C)NC(=O)CCN(C)CC1CNCCO1. The standard InChI is InChI=1S/C12H25N3O2/c1-10(2)14-12(16)4-6-15(3)9-11-8-13-5-7-17-11/h10-11,13H,4-9H2,1-3H3,(H,14,16). The molecule has 5 nitrogen and oxygen atoms in total. The van der Waals surface area contributed by atoms with E-state index in [-0.39, 0.29) is 18.1 Å². The smallest absolute Gasteiger partial charge is 0.221 e. The lowest BCUT2D eigenvalue weighted by atomic mass is 10.2. The summed E-state index contributed by atoms with van der Waals surface area (Å²) in [6, 6.07) is 0.221. The number of morpholine rings is 1. The number of likely N-dealkylation sites (N-methyl/N-ethyl adjacent to an activating group) is 1. The summed E-state index contributed by atoms with van der Waals surface area (Å²) in [5.41, 5.74) is 0. The summed E-state index contributed by atoms with van der Waals surface area (Å²) in [5.74, 6) is 0.120. The first-order chi connectivity index (χ1) is 8.08. The molecule has 0 bridgehead atoms. The van der Waals surface area contributed by atoms with Crippen molar-refractivity contribution in [3.63, 3.8) is 0 Å². The van der Waals surface area contributed by atoms with Gasteiger partial charge in [-0.05, 0) is 20.9 Å². The van der Waals surface area contributed by atoms with Crippen LogP contribution in [-0.2, 0) is 9.53 Å². The maximum atomic E-state index is 11.5. The molecule has 100 valence electrons. The number of amides is 1. The normalized spacial score (nSPS) is 20.9. The van der Waals surface area contributed by atoms with E-state index in [0.717, 1.165) is 32.8 Å². The fraction of sp³-hybridized carbons (Fsp3) is 0.917. The third-order valence-corrected chi connectivity index (χ3v) is 2.69. The average molecular weight is 243 g/mol. The van der Waals surface area contributed by atoms with E-state index in [1.807, 2.05) is 20.9 Å². The molecule has 0 aromatic rings. The van der Waals surface area contributed by atoms with E-state index >= 15 is 0 Å². The van der Waals surface area contributed by atoms with E-state index in [0.29, 0.717) is 6.42 Å². The van der Waals surface area contributed by atoms with Gasteiger partial charge >= 0.3 is 0 Å². The number of nitrogens with zero attached hydrogens (tertiary/aromatic N) is 1. The molecule has 1 heterocycles. The molecule has 5 heteroatoms. The quantitative estimate of drug-likeness (QED) is 0.679. The van der Waals surface area contributed by atoms with Crippen LogP contribution in [0.4, 0.5) is 0 Å². The molecule has 0 aliphatic carbocycles. The van der Waals surface area contributed by atoms with Gasteiger partial charge in [0, 0.05) is 38.6 Å². The Labute approximate surface area is 104 Å². The third kappa shape index (κ3) is 6.61. The lowest BCUT2D eigenvalue weighted by Crippen LogP contribution is -2.45. The summed E-state index contributed by atoms with van der Waals surface area (Å²) >= 11 is 0. The van der Waals surface area contributed by atoms with Crippen molar-refractivity contribution in [3.8, 4) is 0 Å². The second kappa shape index (κ2) is 7.63. The minimum absolute atomic E-state index is 0.120. The Morgan fingerprint density at radius 2 is 2.35 bits per heavy atom. The number of rotatable bonds is 6. The molecule has 17 heavy (non-hydrogen) atoms. The number of carbonyl (C=O) groups is 1. The van der Waals surface area contributed by atoms with Gasteiger partial charge in [0.1, 0.15) is 0 Å². The first-order valence-corrected chi connectivity index (χ1v) is 6.38. The zero-order valence-corrected chi connectivity index (χ0v) is 11.2. The van der Waals surface area contributed by atoms with Crippen LogP contribution >= 0.6 is 0 Å². The Morgan fingerprint density at radius 1 is 1.59 bits per heavy atom. The Hall–Kier alpha value is -0.650. The van der Waals surface area contributed by atoms with E-state index in [1.54, 1.807) is 0 Å². The molecule has 1 amide bonds. The summed E-state index contributed by atoms with van der Waals surface area (Å²) in [4.78, 5) is 13.6. The average Bonchev–Trinajstić information content (AvgIpc) is 2.27. The van der Waals surface area contributed by atoms with Crippen molar-refractivity contribution in [3.05, 3.63) is 0 Å². The molecular formula is C12H25N3O2. The monoisotopic (exact) mass is 243 g/mol. The van der Waals surface area contributed by atoms with Crippen LogP contribution in [0.3, 0.4) is 0 Å². The second-order valence-corrected chi connectivity index (χ2v) is 4.93. The summed E-state index contributed by atoms with van der Waals surface area (Å²) in [6.07, 6.45) is 0.802. The number of hydrogen-bond acceptors (Lipinski definition) is 4. The highest BCUT2D eigenvalue weighted by Gasteiger charge is 2.15. The number of hydrogen-bond donors (Lipinski definition) is 2. The molecular weight excluding hydrogens is 218 g/mol. The van der Waals surface area contributed by atoms with Gasteiger partial charge < -0.3 is 20.3 Å². The van der Waals surface area contributed by atoms with E-state index in [9.17, 15) is 4.79 Å². The predicted molar refractivity (Wildman–Crippen MR) is 68.0 cm³/mol. The minimum atomic E-state index is 0.120. The van der Waals surface area contributed by atoms with Gasteiger partial charge in [-0.2, -0.15) is 0 Å². The first kappa shape index (κ1) is 14.4. The van der Waals surface area contributed by atoms with Crippen LogP contribution < -0.4 is 10.6 Å². The van der Waals surface area contributed by atoms with Crippen molar-refractivity contribution in [1.82, 2.24) is 15.5 Å². The lowest BCUT2D eigenvalue weighted by molar-refractivity contribution is -0.122. The van der Waals surface area contributed by atoms with E-state index in [4.69, 9.17) is 4.74 Å². The zero-order chi connectivity index (χ0) is 12.7. The van der Waals surface area contributed by atoms with Gasteiger partial charge in [0.25, 0.3) is 0 Å². The Bertz CT molecular complexity index is 228. The fourth-order valence-corrected chi connectivity index (χ4v) is 1.86. The van der Waals surface area contributed by atoms with Crippen LogP contribution in [0.25, 0.3) is 0 Å². The van der Waals surface area contributed by atoms with Gasteiger partial charge in [0.2, 0.25) is 5.91 Å². The lowest BCUT2D eigenvalue weighted by Gasteiger charge is -2.27. The molecule has 1 fully saturated rings. The minimum Gasteiger partial charge on any atom is -0.374 e. The molecule has 1 aliphatic rings. The van der Waals surface area contributed by atoms with Crippen molar-refractivity contribution < 1.29 is 9.53 Å². The largest absolute Gasteiger partial charge is 0.374 e. The second-order valence-electron chi connectivity index (χ2n) is 4.93. The molecule has 1 saturated heterocycles. The summed E-state index contributed by atoms with van der Waals surface area (Å²) < 4.78 is 5.62.